The number of oxime groups is 1. The van der Waals surface area contributed by atoms with E-state index in [-0.39, 0.29) is 17.8 Å². The summed E-state index contributed by atoms with van der Waals surface area (Å²) in [4.78, 5) is 13.9. The molecule has 0 aromatic carbocycles. The number of amidine groups is 1. The number of piperidine rings is 1. The van der Waals surface area contributed by atoms with E-state index >= 15 is 0 Å². The third kappa shape index (κ3) is 3.68. The lowest BCUT2D eigenvalue weighted by Crippen LogP contribution is -2.46. The van der Waals surface area contributed by atoms with Crippen molar-refractivity contribution in [2.24, 2.45) is 10.9 Å². The SMILES string of the molecule is NC(CN1CCC(NC(=O)c2cn[nH]c2)CC1)=NO. The predicted octanol–water partition coefficient (Wildman–Crippen LogP) is -0.650. The number of amides is 1. The molecule has 0 bridgehead atoms. The number of nitrogens with one attached hydrogen (secondary N) is 2. The maximum atomic E-state index is 11.8. The molecule has 0 unspecified atom stereocenters. The number of aromatic nitrogens is 2. The van der Waals surface area contributed by atoms with Crippen LogP contribution in [0.15, 0.2) is 17.5 Å². The van der Waals surface area contributed by atoms with Crippen LogP contribution in [0.4, 0.5) is 0 Å². The average molecular weight is 266 g/mol. The van der Waals surface area contributed by atoms with Gasteiger partial charge in [-0.15, -0.1) is 0 Å². The first kappa shape index (κ1) is 13.3. The van der Waals surface area contributed by atoms with Gasteiger partial charge in [0.05, 0.1) is 18.3 Å². The zero-order valence-electron chi connectivity index (χ0n) is 10.5. The van der Waals surface area contributed by atoms with Gasteiger partial charge < -0.3 is 16.3 Å². The molecule has 1 aromatic rings. The normalized spacial score (nSPS) is 18.4. The largest absolute Gasteiger partial charge is 0.409 e. The van der Waals surface area contributed by atoms with E-state index in [0.29, 0.717) is 12.1 Å². The van der Waals surface area contributed by atoms with E-state index in [1.165, 1.54) is 6.20 Å². The first-order valence-corrected chi connectivity index (χ1v) is 6.17. The first-order chi connectivity index (χ1) is 9.19. The van der Waals surface area contributed by atoms with Gasteiger partial charge in [-0.2, -0.15) is 5.10 Å². The Morgan fingerprint density at radius 2 is 2.37 bits per heavy atom. The molecule has 8 nitrogen and oxygen atoms in total. The molecular formula is C11H18N6O2. The van der Waals surface area contributed by atoms with Crippen LogP contribution in [0, 0.1) is 0 Å². The van der Waals surface area contributed by atoms with Crippen LogP contribution in [-0.4, -0.2) is 57.7 Å². The van der Waals surface area contributed by atoms with Crippen molar-refractivity contribution in [1.29, 1.82) is 0 Å². The number of carbonyl (C=O) groups is 1. The Bertz CT molecular complexity index is 436. The fourth-order valence-corrected chi connectivity index (χ4v) is 2.14. The molecule has 0 atom stereocenters. The molecule has 1 aromatic heterocycles. The molecule has 19 heavy (non-hydrogen) atoms. The molecule has 5 N–H and O–H groups in total. The Kier molecular flexibility index (Phi) is 4.35. The highest BCUT2D eigenvalue weighted by atomic mass is 16.4. The van der Waals surface area contributed by atoms with Gasteiger partial charge in [-0.3, -0.25) is 14.8 Å². The highest BCUT2D eigenvalue weighted by molar-refractivity contribution is 5.93. The van der Waals surface area contributed by atoms with E-state index in [2.05, 4.69) is 25.6 Å². The number of carbonyl (C=O) groups excluding carboxylic acids is 1. The number of nitrogens with zero attached hydrogens (tertiary/aromatic N) is 3. The smallest absolute Gasteiger partial charge is 0.254 e. The van der Waals surface area contributed by atoms with Crippen molar-refractivity contribution in [1.82, 2.24) is 20.4 Å². The number of hydrogen-bond donors (Lipinski definition) is 4. The van der Waals surface area contributed by atoms with E-state index in [4.69, 9.17) is 10.9 Å². The van der Waals surface area contributed by atoms with Crippen molar-refractivity contribution in [3.63, 3.8) is 0 Å². The van der Waals surface area contributed by atoms with E-state index < -0.39 is 0 Å². The van der Waals surface area contributed by atoms with Gasteiger partial charge in [0.25, 0.3) is 5.91 Å². The van der Waals surface area contributed by atoms with Gasteiger partial charge in [0, 0.05) is 25.3 Å². The van der Waals surface area contributed by atoms with E-state index in [1.54, 1.807) is 6.20 Å². The summed E-state index contributed by atoms with van der Waals surface area (Å²) in [6.07, 6.45) is 4.77. The fourth-order valence-electron chi connectivity index (χ4n) is 2.14. The van der Waals surface area contributed by atoms with E-state index in [0.717, 1.165) is 25.9 Å². The lowest BCUT2D eigenvalue weighted by atomic mass is 10.0. The van der Waals surface area contributed by atoms with Gasteiger partial charge in [-0.05, 0) is 12.8 Å². The van der Waals surface area contributed by atoms with Crippen LogP contribution in [0.1, 0.15) is 23.2 Å². The van der Waals surface area contributed by atoms with Crippen molar-refractivity contribution in [3.05, 3.63) is 18.0 Å². The van der Waals surface area contributed by atoms with Crippen LogP contribution in [0.3, 0.4) is 0 Å². The van der Waals surface area contributed by atoms with Crippen molar-refractivity contribution in [2.75, 3.05) is 19.6 Å². The summed E-state index contributed by atoms with van der Waals surface area (Å²) in [5, 5.41) is 20.8. The second kappa shape index (κ2) is 6.19. The molecule has 1 amide bonds. The molecule has 0 saturated carbocycles. The lowest BCUT2D eigenvalue weighted by molar-refractivity contribution is 0.0914. The molecule has 0 aliphatic carbocycles. The highest BCUT2D eigenvalue weighted by Crippen LogP contribution is 2.10. The van der Waals surface area contributed by atoms with Gasteiger partial charge in [-0.1, -0.05) is 5.16 Å². The first-order valence-electron chi connectivity index (χ1n) is 6.17. The zero-order valence-corrected chi connectivity index (χ0v) is 10.5. The summed E-state index contributed by atoms with van der Waals surface area (Å²) in [6, 6.07) is 0.158. The maximum absolute atomic E-state index is 11.8. The lowest BCUT2D eigenvalue weighted by Gasteiger charge is -2.31. The van der Waals surface area contributed by atoms with Crippen molar-refractivity contribution < 1.29 is 10.0 Å². The Morgan fingerprint density at radius 3 is 2.95 bits per heavy atom. The topological polar surface area (TPSA) is 120 Å². The number of rotatable bonds is 4. The Morgan fingerprint density at radius 1 is 1.63 bits per heavy atom. The van der Waals surface area contributed by atoms with Crippen LogP contribution in [-0.2, 0) is 0 Å². The molecule has 1 saturated heterocycles. The van der Waals surface area contributed by atoms with Gasteiger partial charge in [0.15, 0.2) is 5.84 Å². The minimum Gasteiger partial charge on any atom is -0.409 e. The minimum absolute atomic E-state index is 0.108. The van der Waals surface area contributed by atoms with Crippen LogP contribution in [0.5, 0.6) is 0 Å². The minimum atomic E-state index is -0.108. The molecule has 0 radical (unpaired) electrons. The maximum Gasteiger partial charge on any atom is 0.254 e. The average Bonchev–Trinajstić information content (AvgIpc) is 2.95. The third-order valence-corrected chi connectivity index (χ3v) is 3.20. The van der Waals surface area contributed by atoms with Crippen LogP contribution in [0.2, 0.25) is 0 Å². The second-order valence-corrected chi connectivity index (χ2v) is 4.60. The Hall–Kier alpha value is -2.09. The van der Waals surface area contributed by atoms with Crippen molar-refractivity contribution >= 4 is 11.7 Å². The molecule has 1 fully saturated rings. The molecule has 2 heterocycles. The summed E-state index contributed by atoms with van der Waals surface area (Å²) in [5.74, 6) is 0.101. The third-order valence-electron chi connectivity index (χ3n) is 3.20. The van der Waals surface area contributed by atoms with Gasteiger partial charge in [0.1, 0.15) is 0 Å². The van der Waals surface area contributed by atoms with Crippen LogP contribution >= 0.6 is 0 Å². The molecule has 104 valence electrons. The number of likely N-dealkylation sites (tertiary alicyclic amines) is 1. The number of nitrogens with two attached hydrogens (primary N) is 1. The molecule has 1 aliphatic heterocycles. The van der Waals surface area contributed by atoms with Gasteiger partial charge in [0.2, 0.25) is 0 Å². The van der Waals surface area contributed by atoms with Gasteiger partial charge in [-0.25, -0.2) is 0 Å². The molecule has 8 heteroatoms. The summed E-state index contributed by atoms with van der Waals surface area (Å²) in [5.41, 5.74) is 6.00. The molecular weight excluding hydrogens is 248 g/mol. The standard InChI is InChI=1S/C11H18N6O2/c12-10(16-19)7-17-3-1-9(2-4-17)15-11(18)8-5-13-14-6-8/h5-6,9,19H,1-4,7H2,(H2,12,16)(H,13,14)(H,15,18). The molecule has 1 aliphatic rings. The Balaban J connectivity index is 1.76. The zero-order chi connectivity index (χ0) is 13.7. The van der Waals surface area contributed by atoms with Crippen LogP contribution in [0.25, 0.3) is 0 Å². The quantitative estimate of drug-likeness (QED) is 0.250. The summed E-state index contributed by atoms with van der Waals surface area (Å²) < 4.78 is 0. The summed E-state index contributed by atoms with van der Waals surface area (Å²) in [6.45, 7) is 2.08. The molecule has 2 rings (SSSR count). The van der Waals surface area contributed by atoms with E-state index in [9.17, 15) is 4.79 Å². The monoisotopic (exact) mass is 266 g/mol. The molecule has 0 spiro atoms. The predicted molar refractivity (Wildman–Crippen MR) is 68.9 cm³/mol. The van der Waals surface area contributed by atoms with Crippen molar-refractivity contribution in [3.8, 4) is 0 Å². The summed E-state index contributed by atoms with van der Waals surface area (Å²) in [7, 11) is 0. The highest BCUT2D eigenvalue weighted by Gasteiger charge is 2.21. The fraction of sp³-hybridized carbons (Fsp3) is 0.545. The summed E-state index contributed by atoms with van der Waals surface area (Å²) >= 11 is 0. The van der Waals surface area contributed by atoms with E-state index in [1.807, 2.05) is 0 Å². The van der Waals surface area contributed by atoms with Crippen molar-refractivity contribution in [2.45, 2.75) is 18.9 Å². The van der Waals surface area contributed by atoms with Crippen LogP contribution < -0.4 is 11.1 Å². The number of hydrogen-bond acceptors (Lipinski definition) is 5. The number of H-pyrrole nitrogens is 1. The van der Waals surface area contributed by atoms with Gasteiger partial charge >= 0.3 is 0 Å². The Labute approximate surface area is 110 Å². The number of aromatic amines is 1. The second-order valence-electron chi connectivity index (χ2n) is 4.60.